The minimum absolute atomic E-state index is 0.140. The molecule has 0 unspecified atom stereocenters. The van der Waals surface area contributed by atoms with Gasteiger partial charge in [-0.25, -0.2) is 4.39 Å². The molecule has 0 aliphatic heterocycles. The van der Waals surface area contributed by atoms with Gasteiger partial charge in [-0.1, -0.05) is 25.1 Å². The zero-order valence-electron chi connectivity index (χ0n) is 15.9. The molecule has 0 aliphatic carbocycles. The lowest BCUT2D eigenvalue weighted by Gasteiger charge is -2.11. The van der Waals surface area contributed by atoms with Crippen molar-refractivity contribution in [1.82, 2.24) is 0 Å². The molecule has 3 aromatic carbocycles. The van der Waals surface area contributed by atoms with E-state index in [1.54, 1.807) is 24.3 Å². The Balaban J connectivity index is 1.52. The van der Waals surface area contributed by atoms with Gasteiger partial charge in [-0.2, -0.15) is 0 Å². The molecule has 29 heavy (non-hydrogen) atoms. The highest BCUT2D eigenvalue weighted by molar-refractivity contribution is 6.04. The molecule has 0 bridgehead atoms. The SMILES string of the molecule is CCc1ccccc1NC(=O)COc1ccc(C(=O)Nc2ccc(F)cc2)cc1. The van der Waals surface area contributed by atoms with Gasteiger partial charge in [0, 0.05) is 16.9 Å². The molecule has 0 saturated carbocycles. The third kappa shape index (κ3) is 5.65. The minimum atomic E-state index is -0.369. The van der Waals surface area contributed by atoms with Crippen LogP contribution < -0.4 is 15.4 Å². The molecule has 6 heteroatoms. The van der Waals surface area contributed by atoms with Crippen molar-refractivity contribution >= 4 is 23.2 Å². The summed E-state index contributed by atoms with van der Waals surface area (Å²) in [5.74, 6) is -0.477. The highest BCUT2D eigenvalue weighted by Gasteiger charge is 2.09. The zero-order chi connectivity index (χ0) is 20.6. The summed E-state index contributed by atoms with van der Waals surface area (Å²) in [5.41, 5.74) is 2.75. The maximum atomic E-state index is 12.9. The van der Waals surface area contributed by atoms with Gasteiger partial charge in [-0.3, -0.25) is 9.59 Å². The van der Waals surface area contributed by atoms with E-state index >= 15 is 0 Å². The highest BCUT2D eigenvalue weighted by Crippen LogP contribution is 2.17. The number of carbonyl (C=O) groups is 2. The van der Waals surface area contributed by atoms with Crippen molar-refractivity contribution in [1.29, 1.82) is 0 Å². The van der Waals surface area contributed by atoms with E-state index in [9.17, 15) is 14.0 Å². The van der Waals surface area contributed by atoms with E-state index in [0.29, 0.717) is 17.0 Å². The molecule has 3 aromatic rings. The molecule has 0 radical (unpaired) electrons. The summed E-state index contributed by atoms with van der Waals surface area (Å²) in [4.78, 5) is 24.4. The molecule has 2 amide bonds. The molecule has 0 atom stereocenters. The predicted octanol–water partition coefficient (Wildman–Crippen LogP) is 4.66. The van der Waals surface area contributed by atoms with Crippen LogP contribution in [0.15, 0.2) is 72.8 Å². The highest BCUT2D eigenvalue weighted by atomic mass is 19.1. The number of nitrogens with one attached hydrogen (secondary N) is 2. The van der Waals surface area contributed by atoms with Gasteiger partial charge in [0.05, 0.1) is 0 Å². The first kappa shape index (κ1) is 20.1. The smallest absolute Gasteiger partial charge is 0.262 e. The third-order valence-corrected chi connectivity index (χ3v) is 4.26. The fraction of sp³-hybridized carbons (Fsp3) is 0.130. The molecule has 3 rings (SSSR count). The fourth-order valence-corrected chi connectivity index (χ4v) is 2.72. The van der Waals surface area contributed by atoms with Gasteiger partial charge >= 0.3 is 0 Å². The molecule has 2 N–H and O–H groups in total. The van der Waals surface area contributed by atoms with E-state index in [4.69, 9.17) is 4.74 Å². The number of aryl methyl sites for hydroxylation is 1. The number of rotatable bonds is 7. The van der Waals surface area contributed by atoms with Crippen LogP contribution in [0.2, 0.25) is 0 Å². The van der Waals surface area contributed by atoms with Crippen LogP contribution in [0.25, 0.3) is 0 Å². The molecule has 0 fully saturated rings. The summed E-state index contributed by atoms with van der Waals surface area (Å²) >= 11 is 0. The van der Waals surface area contributed by atoms with Crippen molar-refractivity contribution in [2.24, 2.45) is 0 Å². The average Bonchev–Trinajstić information content (AvgIpc) is 2.74. The lowest BCUT2D eigenvalue weighted by Crippen LogP contribution is -2.21. The number of carbonyl (C=O) groups excluding carboxylic acids is 2. The summed E-state index contributed by atoms with van der Waals surface area (Å²) in [6, 6.07) is 19.6. The second kappa shape index (κ2) is 9.50. The van der Waals surface area contributed by atoms with Gasteiger partial charge in [0.1, 0.15) is 11.6 Å². The van der Waals surface area contributed by atoms with Gasteiger partial charge in [0.2, 0.25) is 0 Å². The van der Waals surface area contributed by atoms with Crippen LogP contribution >= 0.6 is 0 Å². The van der Waals surface area contributed by atoms with Crippen LogP contribution in [0, 0.1) is 5.82 Å². The normalized spacial score (nSPS) is 10.3. The first-order valence-corrected chi connectivity index (χ1v) is 9.22. The molecular formula is C23H21FN2O3. The Labute approximate surface area is 168 Å². The number of ether oxygens (including phenoxy) is 1. The molecule has 0 heterocycles. The molecule has 0 aliphatic rings. The molecule has 0 spiro atoms. The van der Waals surface area contributed by atoms with Crippen LogP contribution in [-0.4, -0.2) is 18.4 Å². The number of anilines is 2. The Morgan fingerprint density at radius 2 is 1.59 bits per heavy atom. The van der Waals surface area contributed by atoms with Crippen LogP contribution in [0.4, 0.5) is 15.8 Å². The first-order chi connectivity index (χ1) is 14.0. The van der Waals surface area contributed by atoms with E-state index in [-0.39, 0.29) is 24.2 Å². The van der Waals surface area contributed by atoms with Crippen LogP contribution in [0.5, 0.6) is 5.75 Å². The standard InChI is InChI=1S/C23H21FN2O3/c1-2-16-5-3-4-6-21(16)26-22(27)15-29-20-13-7-17(8-14-20)23(28)25-19-11-9-18(24)10-12-19/h3-14H,2,15H2,1H3,(H,25,28)(H,26,27). The maximum absolute atomic E-state index is 12.9. The van der Waals surface area contributed by atoms with Gasteiger partial charge in [-0.05, 0) is 66.6 Å². The summed E-state index contributed by atoms with van der Waals surface area (Å²) in [6.07, 6.45) is 0.818. The van der Waals surface area contributed by atoms with Crippen molar-refractivity contribution in [3.8, 4) is 5.75 Å². The Bertz CT molecular complexity index is 986. The van der Waals surface area contributed by atoms with E-state index in [1.807, 2.05) is 31.2 Å². The fourth-order valence-electron chi connectivity index (χ4n) is 2.72. The third-order valence-electron chi connectivity index (χ3n) is 4.26. The second-order valence-electron chi connectivity index (χ2n) is 6.33. The monoisotopic (exact) mass is 392 g/mol. The molecule has 0 saturated heterocycles. The van der Waals surface area contributed by atoms with E-state index < -0.39 is 0 Å². The Morgan fingerprint density at radius 3 is 2.28 bits per heavy atom. The summed E-state index contributed by atoms with van der Waals surface area (Å²) < 4.78 is 18.4. The maximum Gasteiger partial charge on any atom is 0.262 e. The Kier molecular flexibility index (Phi) is 6.58. The number of hydrogen-bond acceptors (Lipinski definition) is 3. The van der Waals surface area contributed by atoms with Crippen molar-refractivity contribution in [2.75, 3.05) is 17.2 Å². The van der Waals surface area contributed by atoms with Gasteiger partial charge in [0.15, 0.2) is 6.61 Å². The zero-order valence-corrected chi connectivity index (χ0v) is 15.9. The van der Waals surface area contributed by atoms with E-state index in [0.717, 1.165) is 17.7 Å². The quantitative estimate of drug-likeness (QED) is 0.615. The summed E-state index contributed by atoms with van der Waals surface area (Å²) in [6.45, 7) is 1.88. The molecule has 148 valence electrons. The van der Waals surface area contributed by atoms with Crippen molar-refractivity contribution in [3.63, 3.8) is 0 Å². The molecule has 0 aromatic heterocycles. The average molecular weight is 392 g/mol. The van der Waals surface area contributed by atoms with Crippen LogP contribution in [-0.2, 0) is 11.2 Å². The van der Waals surface area contributed by atoms with Gasteiger partial charge in [0.25, 0.3) is 11.8 Å². The predicted molar refractivity (Wildman–Crippen MR) is 111 cm³/mol. The summed E-state index contributed by atoms with van der Waals surface area (Å²) in [7, 11) is 0. The van der Waals surface area contributed by atoms with Crippen molar-refractivity contribution in [3.05, 3.63) is 89.7 Å². The first-order valence-electron chi connectivity index (χ1n) is 9.22. The largest absolute Gasteiger partial charge is 0.484 e. The van der Waals surface area contributed by atoms with E-state index in [2.05, 4.69) is 10.6 Å². The molecule has 5 nitrogen and oxygen atoms in total. The van der Waals surface area contributed by atoms with Crippen molar-refractivity contribution < 1.29 is 18.7 Å². The lowest BCUT2D eigenvalue weighted by atomic mass is 10.1. The Hall–Kier alpha value is -3.67. The lowest BCUT2D eigenvalue weighted by molar-refractivity contribution is -0.118. The van der Waals surface area contributed by atoms with Gasteiger partial charge in [-0.15, -0.1) is 0 Å². The van der Waals surface area contributed by atoms with Gasteiger partial charge < -0.3 is 15.4 Å². The minimum Gasteiger partial charge on any atom is -0.484 e. The van der Waals surface area contributed by atoms with Crippen LogP contribution in [0.1, 0.15) is 22.8 Å². The topological polar surface area (TPSA) is 67.4 Å². The number of benzene rings is 3. The Morgan fingerprint density at radius 1 is 0.897 bits per heavy atom. The number of halogens is 1. The number of para-hydroxylation sites is 1. The number of amides is 2. The van der Waals surface area contributed by atoms with E-state index in [1.165, 1.54) is 24.3 Å². The number of hydrogen-bond donors (Lipinski definition) is 2. The van der Waals surface area contributed by atoms with Crippen LogP contribution in [0.3, 0.4) is 0 Å². The second-order valence-corrected chi connectivity index (χ2v) is 6.33. The summed E-state index contributed by atoms with van der Waals surface area (Å²) in [5, 5.41) is 5.52. The molecular weight excluding hydrogens is 371 g/mol. The van der Waals surface area contributed by atoms with Crippen molar-refractivity contribution in [2.45, 2.75) is 13.3 Å².